The fourth-order valence-corrected chi connectivity index (χ4v) is 1.91. The van der Waals surface area contributed by atoms with Crippen molar-refractivity contribution in [3.05, 3.63) is 48.3 Å². The first-order chi connectivity index (χ1) is 11.4. The van der Waals surface area contributed by atoms with Crippen molar-refractivity contribution < 1.29 is 32.6 Å². The number of amides is 1. The second-order valence-electron chi connectivity index (χ2n) is 4.67. The number of esters is 1. The van der Waals surface area contributed by atoms with Crippen LogP contribution in [0.5, 0.6) is 11.5 Å². The Morgan fingerprint density at radius 3 is 2.71 bits per heavy atom. The Labute approximate surface area is 134 Å². The van der Waals surface area contributed by atoms with Gasteiger partial charge in [0.1, 0.15) is 5.69 Å². The molecule has 0 saturated carbocycles. The van der Waals surface area contributed by atoms with Gasteiger partial charge in [-0.1, -0.05) is 6.07 Å². The summed E-state index contributed by atoms with van der Waals surface area (Å²) in [6.45, 7) is -0.556. The lowest BCUT2D eigenvalue weighted by Crippen LogP contribution is -2.25. The van der Waals surface area contributed by atoms with Crippen molar-refractivity contribution in [3.63, 3.8) is 0 Å². The van der Waals surface area contributed by atoms with Crippen molar-refractivity contribution in [3.8, 4) is 11.5 Å². The highest BCUT2D eigenvalue weighted by molar-refractivity contribution is 5.95. The van der Waals surface area contributed by atoms with E-state index in [0.717, 1.165) is 0 Å². The predicted octanol–water partition coefficient (Wildman–Crippen LogP) is 2.20. The molecule has 3 rings (SSSR count). The molecule has 0 saturated heterocycles. The Balaban J connectivity index is 1.56. The van der Waals surface area contributed by atoms with Crippen molar-refractivity contribution >= 4 is 17.6 Å². The van der Waals surface area contributed by atoms with Gasteiger partial charge in [0.15, 0.2) is 18.1 Å². The number of nitrogens with one attached hydrogen (secondary N) is 1. The fourth-order valence-electron chi connectivity index (χ4n) is 1.91. The molecule has 1 aliphatic heterocycles. The van der Waals surface area contributed by atoms with Crippen molar-refractivity contribution in [2.24, 2.45) is 0 Å². The average Bonchev–Trinajstić information content (AvgIpc) is 2.86. The van der Waals surface area contributed by atoms with E-state index < -0.39 is 24.8 Å². The number of rotatable bonds is 4. The number of benzene rings is 1. The molecule has 0 aliphatic carbocycles. The van der Waals surface area contributed by atoms with E-state index in [1.54, 1.807) is 12.1 Å². The summed E-state index contributed by atoms with van der Waals surface area (Å²) in [7, 11) is 0. The van der Waals surface area contributed by atoms with Gasteiger partial charge >= 0.3 is 12.3 Å². The lowest BCUT2D eigenvalue weighted by atomic mass is 10.3. The van der Waals surface area contributed by atoms with Gasteiger partial charge in [-0.15, -0.1) is 8.78 Å². The monoisotopic (exact) mass is 336 g/mol. The third-order valence-electron chi connectivity index (χ3n) is 2.89. The fraction of sp³-hybridized carbons (Fsp3) is 0.133. The van der Waals surface area contributed by atoms with Crippen LogP contribution in [-0.2, 0) is 9.53 Å². The molecule has 0 unspecified atom stereocenters. The first-order valence-electron chi connectivity index (χ1n) is 6.71. The van der Waals surface area contributed by atoms with E-state index in [2.05, 4.69) is 19.8 Å². The number of hydrogen-bond donors (Lipinski definition) is 1. The lowest BCUT2D eigenvalue weighted by Gasteiger charge is -2.07. The van der Waals surface area contributed by atoms with Crippen LogP contribution in [0.25, 0.3) is 0 Å². The summed E-state index contributed by atoms with van der Waals surface area (Å²) in [6.07, 6.45) is -2.32. The quantitative estimate of drug-likeness (QED) is 0.862. The number of nitrogens with zero attached hydrogens (tertiary/aromatic N) is 1. The number of halogens is 2. The van der Waals surface area contributed by atoms with Crippen LogP contribution in [-0.4, -0.2) is 29.8 Å². The number of ether oxygens (including phenoxy) is 3. The Morgan fingerprint density at radius 2 is 1.96 bits per heavy atom. The number of anilines is 1. The maximum absolute atomic E-state index is 12.9. The molecule has 0 atom stereocenters. The highest BCUT2D eigenvalue weighted by Gasteiger charge is 2.43. The Bertz CT molecular complexity index is 783. The van der Waals surface area contributed by atoms with Gasteiger partial charge < -0.3 is 19.5 Å². The summed E-state index contributed by atoms with van der Waals surface area (Å²) in [5.41, 5.74) is 0.254. The van der Waals surface area contributed by atoms with Crippen LogP contribution in [0, 0.1) is 0 Å². The Hall–Kier alpha value is -3.23. The van der Waals surface area contributed by atoms with E-state index in [1.807, 2.05) is 0 Å². The molecule has 9 heteroatoms. The minimum atomic E-state index is -3.73. The number of hydrogen-bond acceptors (Lipinski definition) is 6. The standard InChI is InChI=1S/C15H10F2N2O5/c16-15(17)23-11-5-4-9(7-12(11)24-15)19-13(20)8-22-14(21)10-3-1-2-6-18-10/h1-7H,8H2,(H,19,20). The van der Waals surface area contributed by atoms with E-state index in [9.17, 15) is 18.4 Å². The molecular weight excluding hydrogens is 326 g/mol. The van der Waals surface area contributed by atoms with E-state index >= 15 is 0 Å². The van der Waals surface area contributed by atoms with Crippen molar-refractivity contribution in [2.45, 2.75) is 6.29 Å². The maximum atomic E-state index is 12.9. The average molecular weight is 336 g/mol. The van der Waals surface area contributed by atoms with Gasteiger partial charge in [0, 0.05) is 18.0 Å². The molecule has 1 amide bonds. The number of carbonyl (C=O) groups excluding carboxylic acids is 2. The zero-order valence-corrected chi connectivity index (χ0v) is 12.0. The molecule has 0 spiro atoms. The highest BCUT2D eigenvalue weighted by atomic mass is 19.3. The second kappa shape index (κ2) is 6.11. The molecule has 7 nitrogen and oxygen atoms in total. The van der Waals surface area contributed by atoms with E-state index in [1.165, 1.54) is 30.5 Å². The van der Waals surface area contributed by atoms with Gasteiger partial charge in [0.25, 0.3) is 5.91 Å². The zero-order chi connectivity index (χ0) is 17.2. The van der Waals surface area contributed by atoms with Gasteiger partial charge in [-0.2, -0.15) is 0 Å². The number of pyridine rings is 1. The number of aromatic nitrogens is 1. The number of alkyl halides is 2. The summed E-state index contributed by atoms with van der Waals surface area (Å²) < 4.78 is 39.1. The summed E-state index contributed by atoms with van der Waals surface area (Å²) in [6, 6.07) is 8.43. The van der Waals surface area contributed by atoms with Gasteiger partial charge in [-0.05, 0) is 24.3 Å². The Kier molecular flexibility index (Phi) is 3.98. The molecule has 0 fully saturated rings. The topological polar surface area (TPSA) is 86.8 Å². The Morgan fingerprint density at radius 1 is 1.17 bits per heavy atom. The zero-order valence-electron chi connectivity index (χ0n) is 12.0. The predicted molar refractivity (Wildman–Crippen MR) is 75.8 cm³/mol. The first kappa shape index (κ1) is 15.7. The van der Waals surface area contributed by atoms with Crippen molar-refractivity contribution in [1.82, 2.24) is 4.98 Å². The molecule has 1 aliphatic rings. The number of carbonyl (C=O) groups is 2. The van der Waals surface area contributed by atoms with Crippen molar-refractivity contribution in [2.75, 3.05) is 11.9 Å². The molecule has 0 bridgehead atoms. The summed E-state index contributed by atoms with van der Waals surface area (Å²) in [5, 5.41) is 2.39. The van der Waals surface area contributed by atoms with Crippen LogP contribution >= 0.6 is 0 Å². The van der Waals surface area contributed by atoms with Crippen LogP contribution in [0.15, 0.2) is 42.6 Å². The molecule has 1 aromatic heterocycles. The van der Waals surface area contributed by atoms with Gasteiger partial charge in [-0.25, -0.2) is 9.78 Å². The van der Waals surface area contributed by atoms with E-state index in [-0.39, 0.29) is 22.9 Å². The van der Waals surface area contributed by atoms with E-state index in [0.29, 0.717) is 0 Å². The molecule has 124 valence electrons. The lowest BCUT2D eigenvalue weighted by molar-refractivity contribution is -0.286. The molecule has 0 radical (unpaired) electrons. The number of fused-ring (bicyclic) bond motifs is 1. The molecule has 24 heavy (non-hydrogen) atoms. The first-order valence-corrected chi connectivity index (χ1v) is 6.71. The van der Waals surface area contributed by atoms with Crippen molar-refractivity contribution in [1.29, 1.82) is 0 Å². The van der Waals surface area contributed by atoms with Gasteiger partial charge in [-0.3, -0.25) is 4.79 Å². The van der Waals surface area contributed by atoms with Gasteiger partial charge in [0.2, 0.25) is 0 Å². The molecule has 2 heterocycles. The van der Waals surface area contributed by atoms with Gasteiger partial charge in [0.05, 0.1) is 0 Å². The van der Waals surface area contributed by atoms with Crippen LogP contribution in [0.2, 0.25) is 0 Å². The largest absolute Gasteiger partial charge is 0.586 e. The summed E-state index contributed by atoms with van der Waals surface area (Å²) in [5.74, 6) is -1.75. The minimum Gasteiger partial charge on any atom is -0.451 e. The van der Waals surface area contributed by atoms with Crippen LogP contribution in [0.3, 0.4) is 0 Å². The van der Waals surface area contributed by atoms with E-state index in [4.69, 9.17) is 4.74 Å². The highest BCUT2D eigenvalue weighted by Crippen LogP contribution is 2.42. The maximum Gasteiger partial charge on any atom is 0.586 e. The molecule has 1 aromatic carbocycles. The second-order valence-corrected chi connectivity index (χ2v) is 4.67. The SMILES string of the molecule is O=C(COC(=O)c1ccccn1)Nc1ccc2c(c1)OC(F)(F)O2. The van der Waals surface area contributed by atoms with Crippen LogP contribution in [0.4, 0.5) is 14.5 Å². The van der Waals surface area contributed by atoms with Crippen LogP contribution in [0.1, 0.15) is 10.5 Å². The summed E-state index contributed by atoms with van der Waals surface area (Å²) in [4.78, 5) is 27.2. The third kappa shape index (κ3) is 3.57. The normalized spacial score (nSPS) is 14.1. The molecular formula is C15H10F2N2O5. The molecule has 2 aromatic rings. The van der Waals surface area contributed by atoms with Crippen LogP contribution < -0.4 is 14.8 Å². The third-order valence-corrected chi connectivity index (χ3v) is 2.89. The molecule has 1 N–H and O–H groups in total. The summed E-state index contributed by atoms with van der Waals surface area (Å²) >= 11 is 0. The smallest absolute Gasteiger partial charge is 0.451 e. The minimum absolute atomic E-state index is 0.0654.